The minimum atomic E-state index is -2.33. The number of carboxylic acids is 5. The number of hydrogen-bond donors (Lipinski definition) is 35. The van der Waals surface area contributed by atoms with Crippen molar-refractivity contribution in [3.63, 3.8) is 0 Å². The molecule has 0 saturated carbocycles. The van der Waals surface area contributed by atoms with Gasteiger partial charge in [-0.05, 0) is 141 Å². The van der Waals surface area contributed by atoms with E-state index >= 15 is 14.4 Å². The third kappa shape index (κ3) is 46.2. The molecule has 0 heterocycles. The number of phenolic OH excluding ortho intramolecular Hbond substituents is 4. The number of phenols is 4. The average molecular weight is 2040 g/mol. The first-order valence-electron chi connectivity index (χ1n) is 44.4. The van der Waals surface area contributed by atoms with Crippen molar-refractivity contribution in [1.29, 1.82) is 16.2 Å². The van der Waals surface area contributed by atoms with Crippen LogP contribution in [0, 0.1) is 16.2 Å². The Balaban J connectivity index is 1.79. The number of carbonyl (C=O) groups excluding carboxylic acids is 16. The molecule has 56 nitrogen and oxygen atoms in total. The molecule has 57 heteroatoms. The summed E-state index contributed by atoms with van der Waals surface area (Å²) in [4.78, 5) is 289. The SMILES string of the molecule is CSCC[C@H](NC(=O)[C@H](CC(N)=O)NC(=O)[C@H](CCC(=O)O)NC(=O)[C@H](CCCNC(=N)N)NC(=O)[C@H](Cc1ccc(O)cc1)NC(=O)[C@H](Cc1ccc(O)cc1)NC(=O)[C@H](CCCNC(=N)N)NC(=O)[C@H](CC(=O)O)NC(=O)[C@H](CCC(=O)O)NC(=O)[C@H](Cc1ccc(O)cc1)NC(=O)[C@H](CC(=O)O)NC(=O)[C@H](CC(N)=O)NC(=O)CN)C(=O)N[C@@H](Cc1ccc(O)cc1)C(=O)N[C@@H](CCCNC(=N)N)C(=O)O. The first-order valence-corrected chi connectivity index (χ1v) is 45.8. The molecule has 14 atom stereocenters. The molecule has 41 N–H and O–H groups in total. The van der Waals surface area contributed by atoms with Gasteiger partial charge in [-0.15, -0.1) is 0 Å². The molecule has 16 amide bonds. The minimum absolute atomic E-state index is 0.0347. The maximum Gasteiger partial charge on any atom is 0.326 e. The molecule has 0 aliphatic carbocycles. The lowest BCUT2D eigenvalue weighted by atomic mass is 10.0. The van der Waals surface area contributed by atoms with Gasteiger partial charge in [0.05, 0.1) is 32.2 Å². The molecule has 0 spiro atoms. The Morgan fingerprint density at radius 2 is 0.486 bits per heavy atom. The van der Waals surface area contributed by atoms with Crippen LogP contribution in [0.5, 0.6) is 23.0 Å². The predicted molar refractivity (Wildman–Crippen MR) is 507 cm³/mol. The largest absolute Gasteiger partial charge is 0.508 e. The summed E-state index contributed by atoms with van der Waals surface area (Å²) in [6.07, 6.45) is -10.6. The molecule has 0 aliphatic heterocycles. The van der Waals surface area contributed by atoms with E-state index in [1.165, 1.54) is 96.7 Å². The number of primary amides is 2. The lowest BCUT2D eigenvalue weighted by Gasteiger charge is -2.29. The van der Waals surface area contributed by atoms with E-state index in [1.807, 2.05) is 5.32 Å². The zero-order valence-corrected chi connectivity index (χ0v) is 78.6. The molecule has 0 saturated heterocycles. The van der Waals surface area contributed by atoms with E-state index in [2.05, 4.69) is 85.1 Å². The van der Waals surface area contributed by atoms with E-state index < -0.39 is 317 Å². The minimum Gasteiger partial charge on any atom is -0.508 e. The summed E-state index contributed by atoms with van der Waals surface area (Å²) >= 11 is 1.17. The second-order valence-electron chi connectivity index (χ2n) is 32.6. The number of guanidine groups is 3. The van der Waals surface area contributed by atoms with Crippen LogP contribution < -0.4 is 125 Å². The summed E-state index contributed by atoms with van der Waals surface area (Å²) in [5, 5.41) is 153. The Bertz CT molecular complexity index is 5200. The maximum atomic E-state index is 15.3. The van der Waals surface area contributed by atoms with Crippen LogP contribution in [0.25, 0.3) is 0 Å². The predicted octanol–water partition coefficient (Wildman–Crippen LogP) is -9.42. The zero-order chi connectivity index (χ0) is 108. The van der Waals surface area contributed by atoms with Gasteiger partial charge in [0, 0.05) is 58.2 Å². The molecule has 144 heavy (non-hydrogen) atoms. The van der Waals surface area contributed by atoms with Gasteiger partial charge in [0.2, 0.25) is 94.5 Å². The van der Waals surface area contributed by atoms with Crippen molar-refractivity contribution in [2.45, 2.75) is 207 Å². The molecule has 0 bridgehead atoms. The van der Waals surface area contributed by atoms with Gasteiger partial charge in [-0.2, -0.15) is 11.8 Å². The topological polar surface area (TPSA) is 973 Å². The smallest absolute Gasteiger partial charge is 0.326 e. The number of amides is 16. The fraction of sp³-hybridized carbons (Fsp3) is 0.448. The molecular weight excluding hydrogens is 1920 g/mol. The van der Waals surface area contributed by atoms with Crippen molar-refractivity contribution >= 4 is 154 Å². The summed E-state index contributed by atoms with van der Waals surface area (Å²) in [5.74, 6) is -31.5. The number of carbonyl (C=O) groups is 21. The van der Waals surface area contributed by atoms with Crippen LogP contribution in [0.2, 0.25) is 0 Å². The summed E-state index contributed by atoms with van der Waals surface area (Å²) < 4.78 is 0. The highest BCUT2D eigenvalue weighted by Crippen LogP contribution is 2.20. The van der Waals surface area contributed by atoms with Gasteiger partial charge in [0.1, 0.15) is 108 Å². The zero-order valence-electron chi connectivity index (χ0n) is 77.8. The number of nitrogens with two attached hydrogens (primary N) is 6. The number of aliphatic carboxylic acids is 5. The highest BCUT2D eigenvalue weighted by atomic mass is 32.2. The summed E-state index contributed by atoms with van der Waals surface area (Å²) in [6.45, 7) is -1.15. The number of hydrogen-bond acceptors (Lipinski definition) is 30. The summed E-state index contributed by atoms with van der Waals surface area (Å²) in [6, 6.07) is -7.24. The fourth-order valence-corrected chi connectivity index (χ4v) is 14.1. The van der Waals surface area contributed by atoms with Crippen LogP contribution >= 0.6 is 11.8 Å². The lowest BCUT2D eigenvalue weighted by Crippen LogP contribution is -2.61. The van der Waals surface area contributed by atoms with Gasteiger partial charge in [0.15, 0.2) is 17.9 Å². The van der Waals surface area contributed by atoms with Crippen molar-refractivity contribution in [3.8, 4) is 23.0 Å². The number of rotatable bonds is 66. The van der Waals surface area contributed by atoms with Crippen LogP contribution in [-0.2, 0) is 126 Å². The number of thioether (sulfide) groups is 1. The van der Waals surface area contributed by atoms with E-state index in [4.69, 9.17) is 50.6 Å². The second-order valence-corrected chi connectivity index (χ2v) is 33.6. The molecule has 4 aromatic rings. The van der Waals surface area contributed by atoms with E-state index in [-0.39, 0.29) is 104 Å². The number of nitrogens with one attached hydrogen (secondary N) is 20. The normalized spacial score (nSPS) is 13.7. The van der Waals surface area contributed by atoms with Gasteiger partial charge in [0.25, 0.3) is 0 Å². The van der Waals surface area contributed by atoms with Gasteiger partial charge < -0.3 is 171 Å². The van der Waals surface area contributed by atoms with Crippen LogP contribution in [0.3, 0.4) is 0 Å². The molecule has 0 aliphatic rings. The molecule has 786 valence electrons. The molecule has 0 fully saturated rings. The van der Waals surface area contributed by atoms with Crippen molar-refractivity contribution in [3.05, 3.63) is 119 Å². The van der Waals surface area contributed by atoms with E-state index in [9.17, 15) is 132 Å². The number of aromatic hydroxyl groups is 4. The van der Waals surface area contributed by atoms with Gasteiger partial charge >= 0.3 is 29.8 Å². The standard InChI is InChI=1S/C87H122N26O30S/c1-144-32-28-54(75(133)108-58(35-44-12-20-48(116)21-13-44)78(136)106-55(84(142)143)7-4-31-99-87(95)96)105-81(139)61(38-65(90)119)111-73(131)52(24-26-67(121)122)103-71(129)50(5-2-29-97-85(91)92)101-76(134)56(33-42-8-16-46(114)17-9-42)109-79(137)59(36-45-14-22-49(117)23-15-45)107-72(130)51(6-3-30-98-86(93)94)102-82(140)62(39-69(125)126)112-74(132)53(25-27-68(123)124)104-77(135)57(34-43-10-18-47(115)19-11-43)110-83(141)63(40-70(127)128)113-80(138)60(37-64(89)118)100-66(120)41-88/h8-23,50-63,114-117H,2-7,24-41,88H2,1H3,(H2,89,118)(H2,90,119)(H,100,120)(H,101,134)(H,102,140)(H,103,129)(H,104,135)(H,105,139)(H,106,136)(H,107,130)(H,108,133)(H,109,137)(H,110,141)(H,111,131)(H,112,132)(H,113,138)(H,121,122)(H,123,124)(H,125,126)(H,127,128)(H,142,143)(H4,91,92,97)(H4,93,94,98)(H4,95,96,99)/t50-,51-,52-,53-,54-,55-,56-,57-,58-,59-,60-,61-,62-,63-/m0/s1. The molecule has 4 aromatic carbocycles. The van der Waals surface area contributed by atoms with E-state index in [0.29, 0.717) is 5.56 Å². The van der Waals surface area contributed by atoms with E-state index in [1.54, 1.807) is 6.26 Å². The first kappa shape index (κ1) is 119. The van der Waals surface area contributed by atoms with Crippen LogP contribution in [-0.4, -0.2) is 311 Å². The van der Waals surface area contributed by atoms with Crippen molar-refractivity contribution in [2.24, 2.45) is 34.4 Å². The summed E-state index contributed by atoms with van der Waals surface area (Å²) in [5.41, 5.74) is 33.4. The van der Waals surface area contributed by atoms with Crippen molar-refractivity contribution in [1.82, 2.24) is 90.4 Å². The average Bonchev–Trinajstić information content (AvgIpc) is 0.842. The highest BCUT2D eigenvalue weighted by Gasteiger charge is 2.41. The number of benzene rings is 4. The third-order valence-electron chi connectivity index (χ3n) is 21.0. The Morgan fingerprint density at radius 1 is 0.278 bits per heavy atom. The Hall–Kier alpha value is -16.9. The number of carboxylic acid groups (broad SMARTS) is 5. The Labute approximate surface area is 825 Å². The highest BCUT2D eigenvalue weighted by molar-refractivity contribution is 7.98. The third-order valence-corrected chi connectivity index (χ3v) is 21.6. The van der Waals surface area contributed by atoms with Crippen molar-refractivity contribution in [2.75, 3.05) is 38.2 Å². The quantitative estimate of drug-likeness (QED) is 0.0111. The Kier molecular flexibility index (Phi) is 51.0. The lowest BCUT2D eigenvalue weighted by molar-refractivity contribution is -0.142. The maximum absolute atomic E-state index is 15.3. The van der Waals surface area contributed by atoms with Gasteiger partial charge in [-0.3, -0.25) is 112 Å². The van der Waals surface area contributed by atoms with Crippen molar-refractivity contribution < 1.29 is 147 Å². The van der Waals surface area contributed by atoms with Gasteiger partial charge in [-0.1, -0.05) is 48.5 Å². The molecular formula is C87H122N26O30S. The first-order chi connectivity index (χ1) is 67.9. The van der Waals surface area contributed by atoms with Crippen LogP contribution in [0.1, 0.15) is 119 Å². The molecule has 4 rings (SSSR count). The summed E-state index contributed by atoms with van der Waals surface area (Å²) in [7, 11) is 0. The molecule has 0 radical (unpaired) electrons. The van der Waals surface area contributed by atoms with Crippen LogP contribution in [0.4, 0.5) is 0 Å². The Morgan fingerprint density at radius 3 is 0.715 bits per heavy atom. The molecule has 0 aromatic heterocycles. The monoisotopic (exact) mass is 2040 g/mol. The van der Waals surface area contributed by atoms with Crippen LogP contribution in [0.15, 0.2) is 97.1 Å². The van der Waals surface area contributed by atoms with Gasteiger partial charge in [-0.25, -0.2) is 4.79 Å². The second kappa shape index (κ2) is 61.5. The van der Waals surface area contributed by atoms with E-state index in [0.717, 1.165) is 12.1 Å². The fourth-order valence-electron chi connectivity index (χ4n) is 13.7. The molecule has 0 unspecified atom stereocenters.